The van der Waals surface area contributed by atoms with Crippen LogP contribution in [0.3, 0.4) is 0 Å². The number of nitrogens with zero attached hydrogens (tertiary/aromatic N) is 1. The van der Waals surface area contributed by atoms with Gasteiger partial charge in [-0.2, -0.15) is 0 Å². The monoisotopic (exact) mass is 499 g/mol. The van der Waals surface area contributed by atoms with Crippen LogP contribution in [-0.4, -0.2) is 24.9 Å². The first-order valence-corrected chi connectivity index (χ1v) is 12.1. The zero-order chi connectivity index (χ0) is 25.1. The van der Waals surface area contributed by atoms with Crippen LogP contribution < -0.4 is 14.4 Å². The number of fused-ring (bicyclic) bond motifs is 5. The molecule has 0 unspecified atom stereocenters. The summed E-state index contributed by atoms with van der Waals surface area (Å²) in [5, 5.41) is 0.498. The van der Waals surface area contributed by atoms with Gasteiger partial charge < -0.3 is 9.47 Å². The Labute approximate surface area is 213 Å². The fourth-order valence-electron chi connectivity index (χ4n) is 5.66. The van der Waals surface area contributed by atoms with E-state index in [1.165, 1.54) is 4.90 Å². The Kier molecular flexibility index (Phi) is 5.23. The summed E-state index contributed by atoms with van der Waals surface area (Å²) >= 11 is 6.04. The third kappa shape index (κ3) is 3.36. The molecule has 6 nitrogen and oxygen atoms in total. The molecule has 36 heavy (non-hydrogen) atoms. The molecule has 0 bridgehead atoms. The smallest absolute Gasteiger partial charge is 0.319 e. The van der Waals surface area contributed by atoms with Gasteiger partial charge in [-0.25, -0.2) is 4.90 Å². The van der Waals surface area contributed by atoms with Crippen molar-refractivity contribution in [2.75, 3.05) is 12.0 Å². The largest absolute Gasteiger partial charge is 0.497 e. The SMILES string of the molecule is COc1ccc([C@@H]2C=C3c4ccc(C)cc4OC(=O)[C@@H]3[C@H]3C(=O)N(c4ccc(Cl)cc4)C(=O)[C@H]32)cc1. The van der Waals surface area contributed by atoms with Crippen LogP contribution >= 0.6 is 11.6 Å². The van der Waals surface area contributed by atoms with E-state index in [2.05, 4.69) is 0 Å². The predicted molar refractivity (Wildman–Crippen MR) is 135 cm³/mol. The second-order valence-electron chi connectivity index (χ2n) is 9.36. The molecule has 1 aliphatic carbocycles. The van der Waals surface area contributed by atoms with Crippen LogP contribution in [0.2, 0.25) is 5.02 Å². The number of aryl methyl sites for hydroxylation is 1. The Bertz CT molecular complexity index is 1440. The predicted octanol–water partition coefficient (Wildman–Crippen LogP) is 5.18. The summed E-state index contributed by atoms with van der Waals surface area (Å²) in [7, 11) is 1.59. The van der Waals surface area contributed by atoms with E-state index < -0.39 is 35.5 Å². The number of imide groups is 1. The molecule has 3 aliphatic rings. The molecule has 0 N–H and O–H groups in total. The molecule has 0 spiro atoms. The zero-order valence-electron chi connectivity index (χ0n) is 19.6. The van der Waals surface area contributed by atoms with Crippen molar-refractivity contribution in [3.8, 4) is 11.5 Å². The third-order valence-electron chi connectivity index (χ3n) is 7.34. The average molecular weight is 500 g/mol. The van der Waals surface area contributed by atoms with E-state index in [9.17, 15) is 14.4 Å². The number of allylic oxidation sites excluding steroid dienone is 1. The minimum atomic E-state index is -0.887. The maximum absolute atomic E-state index is 13.9. The second kappa shape index (κ2) is 8.35. The number of carbonyl (C=O) groups is 3. The maximum Gasteiger partial charge on any atom is 0.319 e. The van der Waals surface area contributed by atoms with Crippen LogP contribution in [0.1, 0.15) is 22.6 Å². The number of anilines is 1. The van der Waals surface area contributed by atoms with Gasteiger partial charge in [-0.15, -0.1) is 0 Å². The van der Waals surface area contributed by atoms with E-state index in [1.54, 1.807) is 31.4 Å². The average Bonchev–Trinajstić information content (AvgIpc) is 3.14. The lowest BCUT2D eigenvalue weighted by Gasteiger charge is -2.38. The lowest BCUT2D eigenvalue weighted by Crippen LogP contribution is -2.42. The minimum absolute atomic E-state index is 0.342. The van der Waals surface area contributed by atoms with Gasteiger partial charge in [0.25, 0.3) is 0 Å². The fraction of sp³-hybridized carbons (Fsp3) is 0.207. The number of rotatable bonds is 3. The molecule has 0 aromatic heterocycles. The highest BCUT2D eigenvalue weighted by Gasteiger charge is 2.60. The van der Waals surface area contributed by atoms with Crippen molar-refractivity contribution in [2.24, 2.45) is 17.8 Å². The van der Waals surface area contributed by atoms with Crippen LogP contribution in [0.4, 0.5) is 5.69 Å². The van der Waals surface area contributed by atoms with Gasteiger partial charge in [0.05, 0.1) is 30.6 Å². The summed E-state index contributed by atoms with van der Waals surface area (Å²) in [6.45, 7) is 1.93. The van der Waals surface area contributed by atoms with Gasteiger partial charge in [0.15, 0.2) is 0 Å². The van der Waals surface area contributed by atoms with E-state index in [0.717, 1.165) is 22.3 Å². The van der Waals surface area contributed by atoms with Crippen LogP contribution in [0.5, 0.6) is 11.5 Å². The van der Waals surface area contributed by atoms with Crippen molar-refractivity contribution in [2.45, 2.75) is 12.8 Å². The molecular formula is C29H22ClNO5. The van der Waals surface area contributed by atoms with Gasteiger partial charge in [0, 0.05) is 16.5 Å². The van der Waals surface area contributed by atoms with E-state index >= 15 is 0 Å². The van der Waals surface area contributed by atoms with Crippen molar-refractivity contribution in [1.82, 2.24) is 0 Å². The Morgan fingerprint density at radius 1 is 0.889 bits per heavy atom. The number of esters is 1. The van der Waals surface area contributed by atoms with Crippen LogP contribution in [0.25, 0.3) is 5.57 Å². The molecule has 1 saturated heterocycles. The quantitative estimate of drug-likeness (QED) is 0.282. The van der Waals surface area contributed by atoms with Crippen molar-refractivity contribution < 1.29 is 23.9 Å². The van der Waals surface area contributed by atoms with Gasteiger partial charge in [-0.1, -0.05) is 41.9 Å². The van der Waals surface area contributed by atoms with E-state index in [1.807, 2.05) is 55.5 Å². The summed E-state index contributed by atoms with van der Waals surface area (Å²) < 4.78 is 11.0. The molecule has 2 aliphatic heterocycles. The molecule has 2 heterocycles. The number of hydrogen-bond acceptors (Lipinski definition) is 5. The molecule has 3 aromatic rings. The number of amides is 2. The third-order valence-corrected chi connectivity index (χ3v) is 7.59. The lowest BCUT2D eigenvalue weighted by atomic mass is 9.64. The molecule has 4 atom stereocenters. The molecule has 0 radical (unpaired) electrons. The van der Waals surface area contributed by atoms with Gasteiger partial charge in [-0.3, -0.25) is 14.4 Å². The Balaban J connectivity index is 1.54. The zero-order valence-corrected chi connectivity index (χ0v) is 20.4. The number of carbonyl (C=O) groups excluding carboxylic acids is 3. The van der Waals surface area contributed by atoms with Crippen molar-refractivity contribution >= 4 is 40.6 Å². The number of benzene rings is 3. The summed E-state index contributed by atoms with van der Waals surface area (Å²) in [5.41, 5.74) is 3.75. The van der Waals surface area contributed by atoms with Crippen molar-refractivity contribution in [3.05, 3.63) is 94.5 Å². The van der Waals surface area contributed by atoms with Crippen molar-refractivity contribution in [1.29, 1.82) is 0 Å². The van der Waals surface area contributed by atoms with Crippen LogP contribution in [-0.2, 0) is 14.4 Å². The Morgan fingerprint density at radius 3 is 2.28 bits per heavy atom. The highest BCUT2D eigenvalue weighted by molar-refractivity contribution is 6.31. The summed E-state index contributed by atoms with van der Waals surface area (Å²) in [4.78, 5) is 42.3. The molecule has 1 fully saturated rings. The topological polar surface area (TPSA) is 72.9 Å². The Hall–Kier alpha value is -3.90. The highest BCUT2D eigenvalue weighted by atomic mass is 35.5. The standard InChI is InChI=1S/C29H22ClNO5/c1-15-3-12-20-22-14-21(16-4-10-19(35-2)11-5-16)24-26(25(22)29(34)36-23(20)13-15)28(33)31(27(24)32)18-8-6-17(30)7-9-18/h3-14,21,24-26H,1-2H3/t21-,24-,25-,26-/m0/s1. The van der Waals surface area contributed by atoms with E-state index in [4.69, 9.17) is 21.1 Å². The normalized spacial score (nSPS) is 24.5. The van der Waals surface area contributed by atoms with Gasteiger partial charge in [0.2, 0.25) is 11.8 Å². The molecule has 180 valence electrons. The minimum Gasteiger partial charge on any atom is -0.497 e. The molecule has 0 saturated carbocycles. The summed E-state index contributed by atoms with van der Waals surface area (Å²) in [6, 6.07) is 19.7. The van der Waals surface area contributed by atoms with Crippen molar-refractivity contribution in [3.63, 3.8) is 0 Å². The van der Waals surface area contributed by atoms with E-state index in [-0.39, 0.29) is 5.91 Å². The van der Waals surface area contributed by atoms with Gasteiger partial charge >= 0.3 is 5.97 Å². The number of hydrogen-bond donors (Lipinski definition) is 0. The molecular weight excluding hydrogens is 478 g/mol. The second-order valence-corrected chi connectivity index (χ2v) is 9.80. The van der Waals surface area contributed by atoms with Crippen LogP contribution in [0.15, 0.2) is 72.8 Å². The molecule has 3 aromatic carbocycles. The van der Waals surface area contributed by atoms with E-state index in [0.29, 0.717) is 22.2 Å². The Morgan fingerprint density at radius 2 is 1.58 bits per heavy atom. The highest BCUT2D eigenvalue weighted by Crippen LogP contribution is 2.54. The molecule has 6 rings (SSSR count). The molecule has 2 amide bonds. The summed E-state index contributed by atoms with van der Waals surface area (Å²) in [6.07, 6.45) is 1.97. The maximum atomic E-state index is 13.9. The number of methoxy groups -OCH3 is 1. The van der Waals surface area contributed by atoms with Gasteiger partial charge in [-0.05, 0) is 66.1 Å². The molecule has 7 heteroatoms. The number of ether oxygens (including phenoxy) is 2. The number of halogens is 1. The lowest BCUT2D eigenvalue weighted by molar-refractivity contribution is -0.142. The van der Waals surface area contributed by atoms with Gasteiger partial charge in [0.1, 0.15) is 11.5 Å². The summed E-state index contributed by atoms with van der Waals surface area (Å²) in [5.74, 6) is -3.02. The van der Waals surface area contributed by atoms with Crippen LogP contribution in [0, 0.1) is 24.7 Å². The fourth-order valence-corrected chi connectivity index (χ4v) is 5.79. The first-order valence-electron chi connectivity index (χ1n) is 11.7. The first kappa shape index (κ1) is 22.6. The first-order chi connectivity index (χ1) is 17.4.